The molecule has 0 bridgehead atoms. The fourth-order valence-electron chi connectivity index (χ4n) is 1.00. The number of benzene rings is 1. The number of ether oxygens (including phenoxy) is 1. The zero-order valence-electron chi connectivity index (χ0n) is 7.22. The van der Waals surface area contributed by atoms with Gasteiger partial charge in [-0.15, -0.1) is 0 Å². The first kappa shape index (κ1) is 9.80. The average molecular weight is 194 g/mol. The maximum Gasteiger partial charge on any atom is 0.294 e. The summed E-state index contributed by atoms with van der Waals surface area (Å²) in [5.41, 5.74) is -0.667. The number of nitrogens with zero attached hydrogens (tertiary/aromatic N) is 2. The molecule has 0 fully saturated rings. The Morgan fingerprint density at radius 2 is 2.29 bits per heavy atom. The van der Waals surface area contributed by atoms with Crippen molar-refractivity contribution in [2.75, 3.05) is 7.11 Å². The lowest BCUT2D eigenvalue weighted by Crippen LogP contribution is -1.95. The summed E-state index contributed by atoms with van der Waals surface area (Å²) in [5.74, 6) is -0.327. The van der Waals surface area contributed by atoms with Crippen LogP contribution in [-0.4, -0.2) is 17.1 Å². The number of methoxy groups -OCH3 is 1. The van der Waals surface area contributed by atoms with E-state index in [1.165, 1.54) is 7.11 Å². The number of nitriles is 1. The van der Waals surface area contributed by atoms with Gasteiger partial charge in [0.25, 0.3) is 5.69 Å². The van der Waals surface area contributed by atoms with Gasteiger partial charge in [0.1, 0.15) is 17.6 Å². The van der Waals surface area contributed by atoms with Gasteiger partial charge in [-0.3, -0.25) is 10.1 Å². The standard InChI is InChI=1S/C8H6N2O4/c1-14-8-3-5(11)2-7(10(12)13)6(8)4-9/h2-3,11H,1H3. The quantitative estimate of drug-likeness (QED) is 0.563. The third-order valence-electron chi connectivity index (χ3n) is 1.59. The number of nitro benzene ring substituents is 1. The molecule has 0 unspecified atom stereocenters. The second kappa shape index (κ2) is 3.62. The van der Waals surface area contributed by atoms with Crippen molar-refractivity contribution in [1.29, 1.82) is 5.26 Å². The Balaban J connectivity index is 3.49. The van der Waals surface area contributed by atoms with E-state index in [-0.39, 0.29) is 17.1 Å². The van der Waals surface area contributed by atoms with Crippen LogP contribution in [0.25, 0.3) is 0 Å². The molecule has 1 aromatic rings. The van der Waals surface area contributed by atoms with E-state index in [0.29, 0.717) is 0 Å². The lowest BCUT2D eigenvalue weighted by molar-refractivity contribution is -0.385. The van der Waals surface area contributed by atoms with Gasteiger partial charge >= 0.3 is 0 Å². The van der Waals surface area contributed by atoms with Crippen molar-refractivity contribution in [3.05, 3.63) is 27.8 Å². The number of rotatable bonds is 2. The summed E-state index contributed by atoms with van der Waals surface area (Å²) >= 11 is 0. The van der Waals surface area contributed by atoms with Crippen molar-refractivity contribution in [2.24, 2.45) is 0 Å². The second-order valence-corrected chi connectivity index (χ2v) is 2.41. The fourth-order valence-corrected chi connectivity index (χ4v) is 1.00. The molecule has 0 saturated heterocycles. The minimum Gasteiger partial charge on any atom is -0.508 e. The number of phenols is 1. The number of aromatic hydroxyl groups is 1. The molecule has 0 amide bonds. The molecule has 14 heavy (non-hydrogen) atoms. The van der Waals surface area contributed by atoms with E-state index in [9.17, 15) is 10.1 Å². The first-order valence-electron chi connectivity index (χ1n) is 3.55. The molecular weight excluding hydrogens is 188 g/mol. The Morgan fingerprint density at radius 1 is 1.64 bits per heavy atom. The second-order valence-electron chi connectivity index (χ2n) is 2.41. The summed E-state index contributed by atoms with van der Waals surface area (Å²) in [4.78, 5) is 9.74. The minimum atomic E-state index is -0.749. The topological polar surface area (TPSA) is 96.4 Å². The van der Waals surface area contributed by atoms with Gasteiger partial charge in [-0.1, -0.05) is 0 Å². The molecular formula is C8H6N2O4. The molecule has 0 aliphatic carbocycles. The van der Waals surface area contributed by atoms with Gasteiger partial charge in [-0.05, 0) is 0 Å². The van der Waals surface area contributed by atoms with Crippen LogP contribution in [0, 0.1) is 21.4 Å². The predicted molar refractivity (Wildman–Crippen MR) is 46.0 cm³/mol. The van der Waals surface area contributed by atoms with E-state index < -0.39 is 10.6 Å². The highest BCUT2D eigenvalue weighted by atomic mass is 16.6. The smallest absolute Gasteiger partial charge is 0.294 e. The van der Waals surface area contributed by atoms with Gasteiger partial charge in [0, 0.05) is 6.07 Å². The van der Waals surface area contributed by atoms with E-state index in [2.05, 4.69) is 0 Å². The first-order valence-corrected chi connectivity index (χ1v) is 3.55. The Morgan fingerprint density at radius 3 is 2.71 bits per heavy atom. The number of hydrogen-bond donors (Lipinski definition) is 1. The molecule has 6 nitrogen and oxygen atoms in total. The van der Waals surface area contributed by atoms with Crippen LogP contribution < -0.4 is 4.74 Å². The predicted octanol–water partition coefficient (Wildman–Crippen LogP) is 1.18. The Kier molecular flexibility index (Phi) is 2.53. The highest BCUT2D eigenvalue weighted by molar-refractivity contribution is 5.60. The van der Waals surface area contributed by atoms with Gasteiger partial charge in [0.05, 0.1) is 18.1 Å². The molecule has 1 aromatic carbocycles. The van der Waals surface area contributed by atoms with Gasteiger partial charge in [-0.25, -0.2) is 0 Å². The molecule has 0 spiro atoms. The normalized spacial score (nSPS) is 9.14. The zero-order chi connectivity index (χ0) is 10.7. The van der Waals surface area contributed by atoms with Crippen LogP contribution in [0.3, 0.4) is 0 Å². The highest BCUT2D eigenvalue weighted by Gasteiger charge is 2.19. The summed E-state index contributed by atoms with van der Waals surface area (Å²) in [7, 11) is 1.26. The van der Waals surface area contributed by atoms with Crippen molar-refractivity contribution in [3.8, 4) is 17.6 Å². The zero-order valence-corrected chi connectivity index (χ0v) is 7.22. The summed E-state index contributed by atoms with van der Waals surface area (Å²) in [6, 6.07) is 3.69. The molecule has 0 aliphatic heterocycles. The van der Waals surface area contributed by atoms with Crippen LogP contribution in [0.1, 0.15) is 5.56 Å². The first-order chi connectivity index (χ1) is 6.60. The summed E-state index contributed by atoms with van der Waals surface area (Å²) in [6.07, 6.45) is 0. The third-order valence-corrected chi connectivity index (χ3v) is 1.59. The van der Waals surface area contributed by atoms with Crippen LogP contribution in [0.4, 0.5) is 5.69 Å². The lowest BCUT2D eigenvalue weighted by atomic mass is 10.1. The molecule has 6 heteroatoms. The molecule has 0 heterocycles. The molecule has 1 N–H and O–H groups in total. The van der Waals surface area contributed by atoms with Crippen LogP contribution in [0.2, 0.25) is 0 Å². The Labute approximate surface area is 79.1 Å². The molecule has 0 radical (unpaired) electrons. The van der Waals surface area contributed by atoms with Crippen LogP contribution in [0.5, 0.6) is 11.5 Å². The van der Waals surface area contributed by atoms with Crippen molar-refractivity contribution >= 4 is 5.69 Å². The van der Waals surface area contributed by atoms with Crippen molar-refractivity contribution in [1.82, 2.24) is 0 Å². The fraction of sp³-hybridized carbons (Fsp3) is 0.125. The van der Waals surface area contributed by atoms with Crippen LogP contribution in [0.15, 0.2) is 12.1 Å². The van der Waals surface area contributed by atoms with E-state index in [4.69, 9.17) is 15.1 Å². The molecule has 0 aliphatic rings. The number of hydrogen-bond acceptors (Lipinski definition) is 5. The summed E-state index contributed by atoms with van der Waals surface area (Å²) < 4.78 is 4.72. The molecule has 72 valence electrons. The van der Waals surface area contributed by atoms with Crippen LogP contribution >= 0.6 is 0 Å². The van der Waals surface area contributed by atoms with Crippen molar-refractivity contribution < 1.29 is 14.8 Å². The Bertz CT molecular complexity index is 422. The van der Waals surface area contributed by atoms with E-state index >= 15 is 0 Å². The number of nitro groups is 1. The maximum atomic E-state index is 10.5. The Hall–Kier alpha value is -2.29. The molecule has 1 rings (SSSR count). The maximum absolute atomic E-state index is 10.5. The van der Waals surface area contributed by atoms with Gasteiger partial charge in [-0.2, -0.15) is 5.26 Å². The SMILES string of the molecule is COc1cc(O)cc([N+](=O)[O-])c1C#N. The van der Waals surface area contributed by atoms with Crippen LogP contribution in [-0.2, 0) is 0 Å². The summed E-state index contributed by atoms with van der Waals surface area (Å²) in [5, 5.41) is 28.2. The third kappa shape index (κ3) is 1.56. The average Bonchev–Trinajstić information content (AvgIpc) is 2.16. The monoisotopic (exact) mass is 194 g/mol. The van der Waals surface area contributed by atoms with Gasteiger partial charge in [0.15, 0.2) is 5.56 Å². The molecule has 0 atom stereocenters. The summed E-state index contributed by atoms with van der Waals surface area (Å²) in [6.45, 7) is 0. The lowest BCUT2D eigenvalue weighted by Gasteiger charge is -2.03. The van der Waals surface area contributed by atoms with E-state index in [1.807, 2.05) is 0 Å². The largest absolute Gasteiger partial charge is 0.508 e. The van der Waals surface area contributed by atoms with E-state index in [1.54, 1.807) is 6.07 Å². The van der Waals surface area contributed by atoms with Crippen molar-refractivity contribution in [2.45, 2.75) is 0 Å². The minimum absolute atomic E-state index is 0.0146. The highest BCUT2D eigenvalue weighted by Crippen LogP contribution is 2.32. The van der Waals surface area contributed by atoms with Gasteiger partial charge < -0.3 is 9.84 Å². The number of phenolic OH excluding ortho intramolecular Hbond substituents is 1. The molecule has 0 aromatic heterocycles. The molecule has 0 saturated carbocycles. The van der Waals surface area contributed by atoms with Gasteiger partial charge in [0.2, 0.25) is 0 Å². The van der Waals surface area contributed by atoms with Crippen molar-refractivity contribution in [3.63, 3.8) is 0 Å². The van der Waals surface area contributed by atoms with E-state index in [0.717, 1.165) is 12.1 Å².